The zero-order valence-corrected chi connectivity index (χ0v) is 17.6. The van der Waals surface area contributed by atoms with E-state index in [2.05, 4.69) is 22.4 Å². The topological polar surface area (TPSA) is 100 Å². The fourth-order valence-electron chi connectivity index (χ4n) is 2.79. The van der Waals surface area contributed by atoms with Crippen LogP contribution in [0.15, 0.2) is 34.5 Å². The lowest BCUT2D eigenvalue weighted by Gasteiger charge is -2.06. The molecule has 29 heavy (non-hydrogen) atoms. The molecular formula is C21H29N3O4S. The number of nitrogens with zero attached hydrogens (tertiary/aromatic N) is 2. The quantitative estimate of drug-likeness (QED) is 0.283. The van der Waals surface area contributed by atoms with Crippen molar-refractivity contribution < 1.29 is 19.4 Å². The van der Waals surface area contributed by atoms with Crippen molar-refractivity contribution >= 4 is 35.0 Å². The van der Waals surface area contributed by atoms with Gasteiger partial charge in [-0.2, -0.15) is 5.10 Å². The molecule has 1 amide bonds. The molecule has 1 unspecified atom stereocenters. The van der Waals surface area contributed by atoms with E-state index in [1.165, 1.54) is 38.5 Å². The van der Waals surface area contributed by atoms with Crippen LogP contribution >= 0.6 is 11.8 Å². The number of aliphatic carboxylic acids is 1. The Labute approximate surface area is 176 Å². The normalized spacial score (nSPS) is 17.8. The Bertz CT molecular complexity index is 719. The third-order valence-electron chi connectivity index (χ3n) is 4.39. The molecule has 0 bridgehead atoms. The van der Waals surface area contributed by atoms with Crippen LogP contribution < -0.4 is 10.1 Å². The maximum Gasteiger partial charge on any atom is 0.305 e. The average molecular weight is 420 g/mol. The fraction of sp³-hybridized carbons (Fsp3) is 0.524. The Morgan fingerprint density at radius 2 is 1.86 bits per heavy atom. The smallest absolute Gasteiger partial charge is 0.305 e. The zero-order chi connectivity index (χ0) is 20.9. The Balaban J connectivity index is 1.68. The van der Waals surface area contributed by atoms with Gasteiger partial charge in [0.2, 0.25) is 5.91 Å². The molecule has 2 N–H and O–H groups in total. The highest BCUT2D eigenvalue weighted by molar-refractivity contribution is 8.15. The van der Waals surface area contributed by atoms with E-state index in [9.17, 15) is 9.59 Å². The van der Waals surface area contributed by atoms with Gasteiger partial charge in [-0.25, -0.2) is 0 Å². The first-order valence-corrected chi connectivity index (χ1v) is 11.0. The molecule has 7 nitrogen and oxygen atoms in total. The predicted molar refractivity (Wildman–Crippen MR) is 117 cm³/mol. The second-order valence-electron chi connectivity index (χ2n) is 6.88. The van der Waals surface area contributed by atoms with Crippen LogP contribution in [0, 0.1) is 0 Å². The minimum atomic E-state index is -1.02. The first kappa shape index (κ1) is 22.9. The fourth-order valence-corrected chi connectivity index (χ4v) is 3.71. The van der Waals surface area contributed by atoms with E-state index in [1.807, 2.05) is 24.3 Å². The molecule has 0 aromatic heterocycles. The standard InChI is InChI=1S/C21H29N3O4S/c1-2-3-4-5-6-7-8-13-28-17-11-9-16(10-12-17)15-22-24-21-23-20(27)18(29-21)14-19(25)26/h9-12,15,18H,2-8,13-14H2,1H3,(H,25,26)(H,23,24,27). The number of hydrogen-bond donors (Lipinski definition) is 2. The molecule has 1 aliphatic heterocycles. The summed E-state index contributed by atoms with van der Waals surface area (Å²) in [5.74, 6) is -0.542. The largest absolute Gasteiger partial charge is 0.494 e. The summed E-state index contributed by atoms with van der Waals surface area (Å²) in [6, 6.07) is 7.56. The van der Waals surface area contributed by atoms with Crippen LogP contribution in [-0.2, 0) is 9.59 Å². The molecule has 1 fully saturated rings. The minimum absolute atomic E-state index is 0.237. The third-order valence-corrected chi connectivity index (χ3v) is 5.46. The van der Waals surface area contributed by atoms with E-state index in [1.54, 1.807) is 6.21 Å². The van der Waals surface area contributed by atoms with Gasteiger partial charge in [-0.1, -0.05) is 57.2 Å². The van der Waals surface area contributed by atoms with Gasteiger partial charge < -0.3 is 15.2 Å². The van der Waals surface area contributed by atoms with E-state index in [0.717, 1.165) is 36.1 Å². The number of carboxylic acids is 1. The summed E-state index contributed by atoms with van der Waals surface area (Å²) < 4.78 is 5.76. The van der Waals surface area contributed by atoms with Crippen LogP contribution in [0.25, 0.3) is 0 Å². The molecule has 2 rings (SSSR count). The zero-order valence-electron chi connectivity index (χ0n) is 16.8. The maximum atomic E-state index is 11.6. The number of carbonyl (C=O) groups is 2. The van der Waals surface area contributed by atoms with E-state index < -0.39 is 11.2 Å². The summed E-state index contributed by atoms with van der Waals surface area (Å²) in [5.41, 5.74) is 0.856. The van der Waals surface area contributed by atoms with Crippen LogP contribution in [-0.4, -0.2) is 40.2 Å². The van der Waals surface area contributed by atoms with Crippen molar-refractivity contribution in [2.75, 3.05) is 6.61 Å². The van der Waals surface area contributed by atoms with Crippen LogP contribution in [0.2, 0.25) is 0 Å². The molecule has 0 saturated carbocycles. The first-order chi connectivity index (χ1) is 14.1. The summed E-state index contributed by atoms with van der Waals surface area (Å²) in [6.45, 7) is 2.95. The van der Waals surface area contributed by atoms with E-state index in [0.29, 0.717) is 5.17 Å². The number of amidine groups is 1. The van der Waals surface area contributed by atoms with Crippen molar-refractivity contribution in [2.24, 2.45) is 10.2 Å². The van der Waals surface area contributed by atoms with Crippen molar-refractivity contribution in [3.8, 4) is 5.75 Å². The molecule has 1 heterocycles. The van der Waals surface area contributed by atoms with E-state index in [-0.39, 0.29) is 12.3 Å². The Hall–Kier alpha value is -2.35. The van der Waals surface area contributed by atoms with Crippen LogP contribution in [0.3, 0.4) is 0 Å². The number of thioether (sulfide) groups is 1. The molecule has 8 heteroatoms. The second kappa shape index (κ2) is 13.0. The molecule has 0 radical (unpaired) electrons. The van der Waals surface area contributed by atoms with Crippen molar-refractivity contribution in [1.29, 1.82) is 0 Å². The highest BCUT2D eigenvalue weighted by atomic mass is 32.2. The van der Waals surface area contributed by atoms with Gasteiger partial charge in [0.1, 0.15) is 11.0 Å². The van der Waals surface area contributed by atoms with Gasteiger partial charge in [0.05, 0.1) is 19.2 Å². The van der Waals surface area contributed by atoms with Gasteiger partial charge in [0.15, 0.2) is 5.17 Å². The number of carboxylic acid groups (broad SMARTS) is 1. The lowest BCUT2D eigenvalue weighted by Crippen LogP contribution is -2.26. The number of benzene rings is 1. The molecular weight excluding hydrogens is 390 g/mol. The number of amides is 1. The molecule has 1 aliphatic rings. The monoisotopic (exact) mass is 419 g/mol. The van der Waals surface area contributed by atoms with Gasteiger partial charge in [-0.15, -0.1) is 5.10 Å². The summed E-state index contributed by atoms with van der Waals surface area (Å²) in [7, 11) is 0. The highest BCUT2D eigenvalue weighted by Gasteiger charge is 2.32. The number of nitrogens with one attached hydrogen (secondary N) is 1. The summed E-state index contributed by atoms with van der Waals surface area (Å²) in [5, 5.41) is 18.9. The maximum absolute atomic E-state index is 11.6. The molecule has 1 saturated heterocycles. The molecule has 1 atom stereocenters. The molecule has 1 aromatic rings. The highest BCUT2D eigenvalue weighted by Crippen LogP contribution is 2.22. The second-order valence-corrected chi connectivity index (χ2v) is 8.07. The van der Waals surface area contributed by atoms with Crippen LogP contribution in [0.5, 0.6) is 5.75 Å². The molecule has 0 spiro atoms. The predicted octanol–water partition coefficient (Wildman–Crippen LogP) is 4.21. The SMILES string of the molecule is CCCCCCCCCOc1ccc(C=NN=C2NC(=O)C(CC(=O)O)S2)cc1. The minimum Gasteiger partial charge on any atom is -0.494 e. The van der Waals surface area contributed by atoms with Gasteiger partial charge in [-0.05, 0) is 36.2 Å². The summed E-state index contributed by atoms with van der Waals surface area (Å²) in [6.07, 6.45) is 10.1. The first-order valence-electron chi connectivity index (χ1n) is 10.1. The summed E-state index contributed by atoms with van der Waals surface area (Å²) >= 11 is 1.08. The summed E-state index contributed by atoms with van der Waals surface area (Å²) in [4.78, 5) is 22.3. The lowest BCUT2D eigenvalue weighted by molar-refractivity contribution is -0.138. The molecule has 158 valence electrons. The Morgan fingerprint density at radius 3 is 2.55 bits per heavy atom. The van der Waals surface area contributed by atoms with Crippen molar-refractivity contribution in [3.05, 3.63) is 29.8 Å². The van der Waals surface area contributed by atoms with E-state index in [4.69, 9.17) is 9.84 Å². The average Bonchev–Trinajstić information content (AvgIpc) is 3.03. The van der Waals surface area contributed by atoms with Gasteiger partial charge in [0, 0.05) is 0 Å². The Morgan fingerprint density at radius 1 is 1.17 bits per heavy atom. The van der Waals surface area contributed by atoms with Gasteiger partial charge >= 0.3 is 5.97 Å². The number of carbonyl (C=O) groups excluding carboxylic acids is 1. The van der Waals surface area contributed by atoms with E-state index >= 15 is 0 Å². The molecule has 0 aliphatic carbocycles. The third kappa shape index (κ3) is 9.13. The molecule has 1 aromatic carbocycles. The number of unbranched alkanes of at least 4 members (excludes halogenated alkanes) is 6. The number of ether oxygens (including phenoxy) is 1. The van der Waals surface area contributed by atoms with Crippen molar-refractivity contribution in [3.63, 3.8) is 0 Å². The van der Waals surface area contributed by atoms with Crippen molar-refractivity contribution in [2.45, 2.75) is 63.5 Å². The number of hydrogen-bond acceptors (Lipinski definition) is 6. The van der Waals surface area contributed by atoms with Crippen LogP contribution in [0.1, 0.15) is 63.9 Å². The lowest BCUT2D eigenvalue weighted by atomic mass is 10.1. The van der Waals surface area contributed by atoms with Gasteiger partial charge in [-0.3, -0.25) is 9.59 Å². The number of rotatable bonds is 13. The Kier molecular flexibility index (Phi) is 10.3. The van der Waals surface area contributed by atoms with Crippen LogP contribution in [0.4, 0.5) is 0 Å². The van der Waals surface area contributed by atoms with Gasteiger partial charge in [0.25, 0.3) is 0 Å². The van der Waals surface area contributed by atoms with Crippen molar-refractivity contribution in [1.82, 2.24) is 5.32 Å².